The summed E-state index contributed by atoms with van der Waals surface area (Å²) in [6.45, 7) is 2.11. The first kappa shape index (κ1) is 20.2. The summed E-state index contributed by atoms with van der Waals surface area (Å²) in [6, 6.07) is 12.9. The van der Waals surface area contributed by atoms with Crippen LogP contribution in [0.1, 0.15) is 38.2 Å². The Labute approximate surface area is 176 Å². The highest BCUT2D eigenvalue weighted by Crippen LogP contribution is 2.41. The molecule has 7 nitrogen and oxygen atoms in total. The van der Waals surface area contributed by atoms with Crippen LogP contribution >= 0.6 is 0 Å². The second-order valence-electron chi connectivity index (χ2n) is 8.03. The van der Waals surface area contributed by atoms with E-state index in [2.05, 4.69) is 17.6 Å². The van der Waals surface area contributed by atoms with Crippen molar-refractivity contribution in [2.45, 2.75) is 44.4 Å². The van der Waals surface area contributed by atoms with E-state index in [0.717, 1.165) is 30.6 Å². The van der Waals surface area contributed by atoms with Gasteiger partial charge >= 0.3 is 6.03 Å². The smallest absolute Gasteiger partial charge is 0.329 e. The monoisotopic (exact) mass is 409 g/mol. The summed E-state index contributed by atoms with van der Waals surface area (Å²) in [5.74, 6) is 0.221. The number of methoxy groups -OCH3 is 1. The third-order valence-corrected chi connectivity index (χ3v) is 6.13. The van der Waals surface area contributed by atoms with Crippen molar-refractivity contribution in [1.82, 2.24) is 5.32 Å². The fraction of sp³-hybridized carbons (Fsp3) is 0.391. The lowest BCUT2D eigenvalue weighted by Crippen LogP contribution is -2.64. The van der Waals surface area contributed by atoms with E-state index in [1.807, 2.05) is 0 Å². The van der Waals surface area contributed by atoms with Crippen LogP contribution < -0.4 is 20.3 Å². The number of amides is 3. The molecular weight excluding hydrogens is 382 g/mol. The summed E-state index contributed by atoms with van der Waals surface area (Å²) in [4.78, 5) is 27.7. The van der Waals surface area contributed by atoms with E-state index in [4.69, 9.17) is 4.74 Å². The summed E-state index contributed by atoms with van der Waals surface area (Å²) in [6.07, 6.45) is 4.05. The second kappa shape index (κ2) is 7.99. The highest BCUT2D eigenvalue weighted by molar-refractivity contribution is 6.11. The summed E-state index contributed by atoms with van der Waals surface area (Å²) in [5.41, 5.74) is -1.09. The topological polar surface area (TPSA) is 90.9 Å². The van der Waals surface area contributed by atoms with Crippen molar-refractivity contribution in [3.63, 3.8) is 0 Å². The molecule has 3 N–H and O–H groups in total. The fourth-order valence-electron chi connectivity index (χ4n) is 4.41. The molecule has 30 heavy (non-hydrogen) atoms. The average molecular weight is 409 g/mol. The molecule has 158 valence electrons. The molecule has 1 fully saturated rings. The molecule has 0 unspecified atom stereocenters. The number of nitrogens with one attached hydrogen (secondary N) is 2. The Morgan fingerprint density at radius 3 is 2.73 bits per heavy atom. The van der Waals surface area contributed by atoms with E-state index in [-0.39, 0.29) is 6.04 Å². The first-order chi connectivity index (χ1) is 14.4. The van der Waals surface area contributed by atoms with Crippen molar-refractivity contribution in [1.29, 1.82) is 0 Å². The van der Waals surface area contributed by atoms with Crippen LogP contribution in [-0.2, 0) is 10.5 Å². The normalized spacial score (nSPS) is 25.8. The number of aliphatic hydroxyl groups is 1. The van der Waals surface area contributed by atoms with Gasteiger partial charge in [-0.25, -0.2) is 4.79 Å². The molecule has 0 spiro atoms. The van der Waals surface area contributed by atoms with Crippen molar-refractivity contribution in [3.8, 4) is 5.75 Å². The van der Waals surface area contributed by atoms with Gasteiger partial charge in [0.25, 0.3) is 11.6 Å². The third-order valence-electron chi connectivity index (χ3n) is 6.13. The molecule has 1 saturated carbocycles. The Balaban J connectivity index is 1.79. The molecule has 3 amide bonds. The summed E-state index contributed by atoms with van der Waals surface area (Å²) >= 11 is 0. The van der Waals surface area contributed by atoms with E-state index in [0.29, 0.717) is 28.6 Å². The summed E-state index contributed by atoms with van der Waals surface area (Å²) in [5, 5.41) is 17.7. The van der Waals surface area contributed by atoms with E-state index >= 15 is 0 Å². The molecule has 0 saturated heterocycles. The van der Waals surface area contributed by atoms with Gasteiger partial charge in [0, 0.05) is 17.7 Å². The van der Waals surface area contributed by atoms with Crippen molar-refractivity contribution in [2.24, 2.45) is 5.92 Å². The van der Waals surface area contributed by atoms with Gasteiger partial charge in [-0.1, -0.05) is 44.0 Å². The molecule has 2 aromatic carbocycles. The molecule has 2 aromatic rings. The standard InChI is InChI=1S/C23H27N3O4/c1-15-8-3-5-12-19(15)24-21(27)23(29)18-11-4-6-13-20(18)25-22(28)26(23)16-9-7-10-17(14-16)30-2/h4,6-7,9-11,13-15,19,29H,3,5,8,12H2,1-2H3,(H,24,27)(H,25,28)/t15-,19-,23+/m0/s1. The largest absolute Gasteiger partial charge is 0.497 e. The van der Waals surface area contributed by atoms with Crippen molar-refractivity contribution in [2.75, 3.05) is 17.3 Å². The Kier molecular flexibility index (Phi) is 5.39. The molecule has 0 radical (unpaired) electrons. The van der Waals surface area contributed by atoms with Crippen LogP contribution in [-0.4, -0.2) is 30.2 Å². The molecule has 3 atom stereocenters. The molecule has 2 aliphatic rings. The van der Waals surface area contributed by atoms with Crippen LogP contribution in [0.2, 0.25) is 0 Å². The minimum atomic E-state index is -2.19. The van der Waals surface area contributed by atoms with Gasteiger partial charge in [0.15, 0.2) is 0 Å². The van der Waals surface area contributed by atoms with Crippen LogP contribution in [0.4, 0.5) is 16.2 Å². The SMILES string of the molecule is COc1cccc(N2C(=O)Nc3ccccc3[C@@]2(O)C(=O)N[C@H]2CCCC[C@@H]2C)c1. The highest BCUT2D eigenvalue weighted by Gasteiger charge is 2.52. The van der Waals surface area contributed by atoms with E-state index in [9.17, 15) is 14.7 Å². The Morgan fingerprint density at radius 2 is 1.97 bits per heavy atom. The van der Waals surface area contributed by atoms with Crippen LogP contribution in [0.5, 0.6) is 5.75 Å². The molecular formula is C23H27N3O4. The Morgan fingerprint density at radius 1 is 1.20 bits per heavy atom. The number of fused-ring (bicyclic) bond motifs is 1. The zero-order chi connectivity index (χ0) is 21.3. The van der Waals surface area contributed by atoms with Gasteiger partial charge in [-0.3, -0.25) is 9.69 Å². The lowest BCUT2D eigenvalue weighted by molar-refractivity contribution is -0.141. The van der Waals surface area contributed by atoms with E-state index in [1.54, 1.807) is 48.5 Å². The summed E-state index contributed by atoms with van der Waals surface area (Å²) in [7, 11) is 1.52. The number of anilines is 2. The molecule has 7 heteroatoms. The first-order valence-electron chi connectivity index (χ1n) is 10.3. The van der Waals surface area contributed by atoms with Crippen molar-refractivity contribution >= 4 is 23.3 Å². The Bertz CT molecular complexity index is 963. The quantitative estimate of drug-likeness (QED) is 0.720. The number of para-hydroxylation sites is 1. The molecule has 1 heterocycles. The number of carbonyl (C=O) groups is 2. The van der Waals surface area contributed by atoms with E-state index < -0.39 is 17.7 Å². The number of urea groups is 1. The lowest BCUT2D eigenvalue weighted by Gasteiger charge is -2.44. The predicted octanol–water partition coefficient (Wildman–Crippen LogP) is 3.59. The zero-order valence-corrected chi connectivity index (χ0v) is 17.2. The number of carbonyl (C=O) groups excluding carboxylic acids is 2. The molecule has 4 rings (SSSR count). The number of rotatable bonds is 4. The molecule has 0 bridgehead atoms. The average Bonchev–Trinajstić information content (AvgIpc) is 2.75. The predicted molar refractivity (Wildman–Crippen MR) is 114 cm³/mol. The number of benzene rings is 2. The van der Waals surface area contributed by atoms with Gasteiger partial charge in [-0.2, -0.15) is 0 Å². The fourth-order valence-corrected chi connectivity index (χ4v) is 4.41. The van der Waals surface area contributed by atoms with Gasteiger partial charge in [0.1, 0.15) is 5.75 Å². The molecule has 1 aliphatic carbocycles. The number of hydrogen-bond donors (Lipinski definition) is 3. The molecule has 0 aromatic heterocycles. The van der Waals surface area contributed by atoms with Gasteiger partial charge in [0.05, 0.1) is 18.5 Å². The highest BCUT2D eigenvalue weighted by atomic mass is 16.5. The lowest BCUT2D eigenvalue weighted by atomic mass is 9.85. The van der Waals surface area contributed by atoms with Crippen LogP contribution in [0.3, 0.4) is 0 Å². The van der Waals surface area contributed by atoms with Crippen LogP contribution in [0.25, 0.3) is 0 Å². The van der Waals surface area contributed by atoms with E-state index in [1.165, 1.54) is 7.11 Å². The maximum absolute atomic E-state index is 13.6. The van der Waals surface area contributed by atoms with Crippen LogP contribution in [0, 0.1) is 5.92 Å². The van der Waals surface area contributed by atoms with Crippen molar-refractivity contribution in [3.05, 3.63) is 54.1 Å². The van der Waals surface area contributed by atoms with Gasteiger partial charge < -0.3 is 20.5 Å². The number of ether oxygens (including phenoxy) is 1. The van der Waals surface area contributed by atoms with Gasteiger partial charge in [-0.15, -0.1) is 0 Å². The van der Waals surface area contributed by atoms with Crippen LogP contribution in [0.15, 0.2) is 48.5 Å². The van der Waals surface area contributed by atoms with Crippen molar-refractivity contribution < 1.29 is 19.4 Å². The zero-order valence-electron chi connectivity index (χ0n) is 17.2. The first-order valence-corrected chi connectivity index (χ1v) is 10.3. The second-order valence-corrected chi connectivity index (χ2v) is 8.03. The number of nitrogens with zero attached hydrogens (tertiary/aromatic N) is 1. The Hall–Kier alpha value is -3.06. The maximum Gasteiger partial charge on any atom is 0.329 e. The summed E-state index contributed by atoms with van der Waals surface area (Å²) < 4.78 is 5.27. The minimum absolute atomic E-state index is 0.0421. The number of hydrogen-bond acceptors (Lipinski definition) is 4. The van der Waals surface area contributed by atoms with Gasteiger partial charge in [0.2, 0.25) is 0 Å². The molecule has 1 aliphatic heterocycles. The third kappa shape index (κ3) is 3.39. The maximum atomic E-state index is 13.6. The van der Waals surface area contributed by atoms with Gasteiger partial charge in [-0.05, 0) is 37.0 Å². The minimum Gasteiger partial charge on any atom is -0.497 e.